The van der Waals surface area contributed by atoms with E-state index in [2.05, 4.69) is 5.32 Å². The van der Waals surface area contributed by atoms with Crippen LogP contribution in [0.4, 0.5) is 5.69 Å². The van der Waals surface area contributed by atoms with Crippen molar-refractivity contribution < 1.29 is 19.1 Å². The third kappa shape index (κ3) is 3.85. The number of ether oxygens (including phenoxy) is 2. The van der Waals surface area contributed by atoms with Gasteiger partial charge in [-0.25, -0.2) is 0 Å². The van der Waals surface area contributed by atoms with Crippen LogP contribution in [0.25, 0.3) is 16.8 Å². The SMILES string of the molecule is CNC(=O)[C@@H]1CN(C(=O)/C=C/c2ccc3cc(OC)ccc3c2)c2ccccc2O1. The molecule has 6 nitrogen and oxygen atoms in total. The zero-order valence-electron chi connectivity index (χ0n) is 16.8. The van der Waals surface area contributed by atoms with E-state index in [9.17, 15) is 9.59 Å². The van der Waals surface area contributed by atoms with Gasteiger partial charge in [-0.1, -0.05) is 30.3 Å². The van der Waals surface area contributed by atoms with E-state index in [1.165, 1.54) is 6.08 Å². The molecule has 0 bridgehead atoms. The number of carbonyl (C=O) groups excluding carboxylic acids is 2. The molecule has 3 aromatic carbocycles. The number of rotatable bonds is 4. The Labute approximate surface area is 174 Å². The maximum atomic E-state index is 13.0. The average molecular weight is 402 g/mol. The average Bonchev–Trinajstić information content (AvgIpc) is 2.80. The van der Waals surface area contributed by atoms with Crippen LogP contribution in [0.5, 0.6) is 11.5 Å². The van der Waals surface area contributed by atoms with Crippen molar-refractivity contribution in [1.82, 2.24) is 5.32 Å². The first-order valence-corrected chi connectivity index (χ1v) is 9.63. The van der Waals surface area contributed by atoms with Gasteiger partial charge in [0, 0.05) is 13.1 Å². The number of methoxy groups -OCH3 is 1. The minimum atomic E-state index is -0.752. The molecule has 1 N–H and O–H groups in total. The topological polar surface area (TPSA) is 67.9 Å². The van der Waals surface area contributed by atoms with Crippen molar-refractivity contribution in [2.75, 3.05) is 25.6 Å². The molecule has 1 aliphatic heterocycles. The fourth-order valence-corrected chi connectivity index (χ4v) is 3.47. The van der Waals surface area contributed by atoms with Gasteiger partial charge in [0.1, 0.15) is 11.5 Å². The second-order valence-corrected chi connectivity index (χ2v) is 6.94. The van der Waals surface area contributed by atoms with Crippen LogP contribution >= 0.6 is 0 Å². The summed E-state index contributed by atoms with van der Waals surface area (Å²) in [5.74, 6) is 0.835. The van der Waals surface area contributed by atoms with Gasteiger partial charge < -0.3 is 19.7 Å². The lowest BCUT2D eigenvalue weighted by molar-refractivity contribution is -0.127. The number of carbonyl (C=O) groups is 2. The van der Waals surface area contributed by atoms with E-state index in [0.29, 0.717) is 11.4 Å². The van der Waals surface area contributed by atoms with E-state index in [0.717, 1.165) is 22.1 Å². The van der Waals surface area contributed by atoms with Crippen molar-refractivity contribution in [1.29, 1.82) is 0 Å². The summed E-state index contributed by atoms with van der Waals surface area (Å²) in [5, 5.41) is 4.70. The van der Waals surface area contributed by atoms with Crippen molar-refractivity contribution >= 4 is 34.4 Å². The molecule has 3 aromatic rings. The van der Waals surface area contributed by atoms with Gasteiger partial charge in [-0.15, -0.1) is 0 Å². The fourth-order valence-electron chi connectivity index (χ4n) is 3.47. The van der Waals surface area contributed by atoms with Crippen molar-refractivity contribution in [2.24, 2.45) is 0 Å². The van der Waals surface area contributed by atoms with Gasteiger partial charge in [-0.2, -0.15) is 0 Å². The Hall–Kier alpha value is -3.80. The first kappa shape index (κ1) is 19.5. The first-order chi connectivity index (χ1) is 14.6. The van der Waals surface area contributed by atoms with E-state index < -0.39 is 6.10 Å². The number of amides is 2. The van der Waals surface area contributed by atoms with Crippen molar-refractivity contribution in [3.63, 3.8) is 0 Å². The molecule has 1 aliphatic rings. The standard InChI is InChI=1S/C24H22N2O4/c1-25-24(28)22-15-26(20-5-3-4-6-21(20)30-22)23(27)12-8-16-7-9-18-14-19(29-2)11-10-17(18)13-16/h3-14,22H,15H2,1-2H3,(H,25,28)/b12-8+/t22-/m0/s1. The monoisotopic (exact) mass is 402 g/mol. The van der Waals surface area contributed by atoms with Crippen LogP contribution in [0.1, 0.15) is 5.56 Å². The molecule has 0 aromatic heterocycles. The Bertz CT molecular complexity index is 1140. The maximum absolute atomic E-state index is 13.0. The zero-order chi connectivity index (χ0) is 21.1. The van der Waals surface area contributed by atoms with Crippen molar-refractivity contribution in [3.8, 4) is 11.5 Å². The molecule has 0 spiro atoms. The molecule has 0 fully saturated rings. The number of hydrogen-bond donors (Lipinski definition) is 1. The van der Waals surface area contributed by atoms with E-state index in [1.54, 1.807) is 31.2 Å². The normalized spacial score (nSPS) is 15.5. The minimum absolute atomic E-state index is 0.150. The first-order valence-electron chi connectivity index (χ1n) is 9.63. The molecule has 0 saturated heterocycles. The largest absolute Gasteiger partial charge is 0.497 e. The Morgan fingerprint density at radius 1 is 1.10 bits per heavy atom. The molecule has 0 aliphatic carbocycles. The van der Waals surface area contributed by atoms with Crippen LogP contribution in [-0.2, 0) is 9.59 Å². The van der Waals surface area contributed by atoms with Crippen LogP contribution in [0.15, 0.2) is 66.7 Å². The predicted octanol–water partition coefficient (Wildman–Crippen LogP) is 3.40. The van der Waals surface area contributed by atoms with Crippen LogP contribution in [0.3, 0.4) is 0 Å². The highest BCUT2D eigenvalue weighted by Crippen LogP contribution is 2.33. The van der Waals surface area contributed by atoms with Gasteiger partial charge in [0.25, 0.3) is 11.8 Å². The summed E-state index contributed by atoms with van der Waals surface area (Å²) in [6.45, 7) is 0.150. The Kier molecular flexibility index (Phi) is 5.39. The molecule has 1 heterocycles. The van der Waals surface area contributed by atoms with Crippen LogP contribution in [-0.4, -0.2) is 38.6 Å². The minimum Gasteiger partial charge on any atom is -0.497 e. The summed E-state index contributed by atoms with van der Waals surface area (Å²) in [6, 6.07) is 19.0. The molecule has 2 amide bonds. The summed E-state index contributed by atoms with van der Waals surface area (Å²) in [7, 11) is 3.19. The Morgan fingerprint density at radius 2 is 1.87 bits per heavy atom. The molecule has 0 saturated carbocycles. The van der Waals surface area contributed by atoms with Crippen molar-refractivity contribution in [2.45, 2.75) is 6.10 Å². The molecule has 4 rings (SSSR count). The molecule has 0 radical (unpaired) electrons. The lowest BCUT2D eigenvalue weighted by Gasteiger charge is -2.33. The van der Waals surface area contributed by atoms with Crippen LogP contribution < -0.4 is 19.7 Å². The number of nitrogens with one attached hydrogen (secondary N) is 1. The third-order valence-electron chi connectivity index (χ3n) is 5.07. The third-order valence-corrected chi connectivity index (χ3v) is 5.07. The summed E-state index contributed by atoms with van der Waals surface area (Å²) >= 11 is 0. The zero-order valence-corrected chi connectivity index (χ0v) is 16.8. The number of fused-ring (bicyclic) bond motifs is 2. The Morgan fingerprint density at radius 3 is 2.67 bits per heavy atom. The van der Waals surface area contributed by atoms with Gasteiger partial charge in [-0.05, 0) is 52.7 Å². The molecule has 6 heteroatoms. The molecule has 30 heavy (non-hydrogen) atoms. The molecule has 0 unspecified atom stereocenters. The second-order valence-electron chi connectivity index (χ2n) is 6.94. The predicted molar refractivity (Wildman–Crippen MR) is 117 cm³/mol. The number of anilines is 1. The van der Waals surface area contributed by atoms with Crippen molar-refractivity contribution in [3.05, 3.63) is 72.3 Å². The number of likely N-dealkylation sites (N-methyl/N-ethyl adjacent to an activating group) is 1. The lowest BCUT2D eigenvalue weighted by Crippen LogP contribution is -2.49. The highest BCUT2D eigenvalue weighted by Gasteiger charge is 2.32. The lowest BCUT2D eigenvalue weighted by atomic mass is 10.1. The van der Waals surface area contributed by atoms with Gasteiger partial charge in [0.05, 0.1) is 19.3 Å². The van der Waals surface area contributed by atoms with E-state index in [4.69, 9.17) is 9.47 Å². The van der Waals surface area contributed by atoms with Gasteiger partial charge in [0.2, 0.25) is 0 Å². The molecular weight excluding hydrogens is 380 g/mol. The quantitative estimate of drug-likeness (QED) is 0.679. The summed E-state index contributed by atoms with van der Waals surface area (Å²) in [4.78, 5) is 26.6. The highest BCUT2D eigenvalue weighted by molar-refractivity contribution is 6.06. The summed E-state index contributed by atoms with van der Waals surface area (Å²) < 4.78 is 11.0. The molecular formula is C24H22N2O4. The number of hydrogen-bond acceptors (Lipinski definition) is 4. The Balaban J connectivity index is 1.58. The van der Waals surface area contributed by atoms with Crippen LogP contribution in [0, 0.1) is 0 Å². The number of nitrogens with zero attached hydrogens (tertiary/aromatic N) is 1. The summed E-state index contributed by atoms with van der Waals surface area (Å²) in [6.07, 6.45) is 2.55. The van der Waals surface area contributed by atoms with E-state index in [1.807, 2.05) is 54.6 Å². The number of benzene rings is 3. The highest BCUT2D eigenvalue weighted by atomic mass is 16.5. The van der Waals surface area contributed by atoms with Gasteiger partial charge in [-0.3, -0.25) is 9.59 Å². The van der Waals surface area contributed by atoms with E-state index >= 15 is 0 Å². The van der Waals surface area contributed by atoms with Gasteiger partial charge >= 0.3 is 0 Å². The van der Waals surface area contributed by atoms with Crippen LogP contribution in [0.2, 0.25) is 0 Å². The molecule has 1 atom stereocenters. The fraction of sp³-hybridized carbons (Fsp3) is 0.167. The number of para-hydroxylation sites is 2. The summed E-state index contributed by atoms with van der Waals surface area (Å²) in [5.41, 5.74) is 1.56. The second kappa shape index (κ2) is 8.29. The molecule has 152 valence electrons. The smallest absolute Gasteiger partial charge is 0.262 e. The van der Waals surface area contributed by atoms with E-state index in [-0.39, 0.29) is 18.4 Å². The van der Waals surface area contributed by atoms with Gasteiger partial charge in [0.15, 0.2) is 6.10 Å². The maximum Gasteiger partial charge on any atom is 0.262 e.